The van der Waals surface area contributed by atoms with Gasteiger partial charge in [0.05, 0.1) is 0 Å². The summed E-state index contributed by atoms with van der Waals surface area (Å²) in [5, 5.41) is 11.9. The van der Waals surface area contributed by atoms with Crippen molar-refractivity contribution in [2.75, 3.05) is 6.54 Å². The van der Waals surface area contributed by atoms with Gasteiger partial charge in [-0.3, -0.25) is 9.69 Å². The van der Waals surface area contributed by atoms with Gasteiger partial charge in [0.15, 0.2) is 0 Å². The first-order valence-corrected chi connectivity index (χ1v) is 8.65. The topological polar surface area (TPSA) is 40.5 Å². The summed E-state index contributed by atoms with van der Waals surface area (Å²) in [5.74, 6) is 1.11. The number of hydrogen-bond acceptors (Lipinski definition) is 3. The molecule has 0 aromatic carbocycles. The van der Waals surface area contributed by atoms with Crippen molar-refractivity contribution in [1.82, 2.24) is 4.90 Å². The molecule has 1 saturated heterocycles. The molecule has 1 aliphatic heterocycles. The van der Waals surface area contributed by atoms with E-state index >= 15 is 0 Å². The molecule has 1 N–H and O–H groups in total. The predicted octanol–water partition coefficient (Wildman–Crippen LogP) is 3.38. The molecule has 2 saturated carbocycles. The van der Waals surface area contributed by atoms with Crippen LogP contribution >= 0.6 is 11.3 Å². The van der Waals surface area contributed by atoms with Crippen LogP contribution in [-0.2, 0) is 4.79 Å². The van der Waals surface area contributed by atoms with E-state index in [9.17, 15) is 9.90 Å². The zero-order chi connectivity index (χ0) is 13.7. The van der Waals surface area contributed by atoms with Gasteiger partial charge in [0.1, 0.15) is 6.04 Å². The SMILES string of the molecule is O=C(O)C1C2CCCC2CN1C(c1cccs1)C1CC1. The fourth-order valence-corrected chi connectivity index (χ4v) is 5.43. The van der Waals surface area contributed by atoms with Gasteiger partial charge in [-0.15, -0.1) is 11.3 Å². The van der Waals surface area contributed by atoms with Gasteiger partial charge < -0.3 is 5.11 Å². The maximum atomic E-state index is 11.8. The summed E-state index contributed by atoms with van der Waals surface area (Å²) in [7, 11) is 0. The van der Waals surface area contributed by atoms with Crippen LogP contribution < -0.4 is 0 Å². The summed E-state index contributed by atoms with van der Waals surface area (Å²) < 4.78 is 0. The zero-order valence-electron chi connectivity index (χ0n) is 11.6. The van der Waals surface area contributed by atoms with Crippen LogP contribution in [-0.4, -0.2) is 28.6 Å². The summed E-state index contributed by atoms with van der Waals surface area (Å²) in [6.07, 6.45) is 6.09. The third kappa shape index (κ3) is 2.01. The first-order chi connectivity index (χ1) is 9.75. The lowest BCUT2D eigenvalue weighted by molar-refractivity contribution is -0.144. The number of carbonyl (C=O) groups is 1. The maximum absolute atomic E-state index is 11.8. The Hall–Kier alpha value is -0.870. The number of aliphatic carboxylic acids is 1. The second-order valence-electron chi connectivity index (χ2n) is 6.63. The molecule has 2 aliphatic carbocycles. The third-order valence-electron chi connectivity index (χ3n) is 5.44. The van der Waals surface area contributed by atoms with E-state index in [2.05, 4.69) is 22.4 Å². The molecule has 4 rings (SSSR count). The summed E-state index contributed by atoms with van der Waals surface area (Å²) in [6.45, 7) is 1.00. The Bertz CT molecular complexity index is 497. The lowest BCUT2D eigenvalue weighted by Crippen LogP contribution is -2.42. The van der Waals surface area contributed by atoms with E-state index in [0.29, 0.717) is 23.8 Å². The number of nitrogens with zero attached hydrogens (tertiary/aromatic N) is 1. The lowest BCUT2D eigenvalue weighted by Gasteiger charge is -2.32. The van der Waals surface area contributed by atoms with E-state index in [4.69, 9.17) is 0 Å². The number of thiophene rings is 1. The average molecular weight is 291 g/mol. The fourth-order valence-electron chi connectivity index (χ4n) is 4.49. The Kier molecular flexibility index (Phi) is 3.11. The molecular formula is C16H21NO2S. The van der Waals surface area contributed by atoms with E-state index in [1.54, 1.807) is 11.3 Å². The van der Waals surface area contributed by atoms with Crippen LogP contribution in [0.5, 0.6) is 0 Å². The van der Waals surface area contributed by atoms with E-state index in [1.165, 1.54) is 30.6 Å². The number of carboxylic acids is 1. The van der Waals surface area contributed by atoms with Gasteiger partial charge >= 0.3 is 5.97 Å². The molecule has 0 spiro atoms. The van der Waals surface area contributed by atoms with Crippen LogP contribution in [0.1, 0.15) is 43.0 Å². The highest BCUT2D eigenvalue weighted by atomic mass is 32.1. The molecule has 0 radical (unpaired) electrons. The molecule has 3 nitrogen and oxygen atoms in total. The Morgan fingerprint density at radius 1 is 1.35 bits per heavy atom. The predicted molar refractivity (Wildman–Crippen MR) is 78.7 cm³/mol. The summed E-state index contributed by atoms with van der Waals surface area (Å²) >= 11 is 1.79. The summed E-state index contributed by atoms with van der Waals surface area (Å²) in [4.78, 5) is 15.6. The molecule has 4 atom stereocenters. The zero-order valence-corrected chi connectivity index (χ0v) is 12.4. The Labute approximate surface area is 123 Å². The number of carboxylic acid groups (broad SMARTS) is 1. The average Bonchev–Trinajstić information content (AvgIpc) is 2.83. The highest BCUT2D eigenvalue weighted by molar-refractivity contribution is 7.10. The molecule has 1 aromatic heterocycles. The van der Waals surface area contributed by atoms with Crippen LogP contribution in [0.15, 0.2) is 17.5 Å². The smallest absolute Gasteiger partial charge is 0.321 e. The van der Waals surface area contributed by atoms with Crippen molar-refractivity contribution < 1.29 is 9.90 Å². The van der Waals surface area contributed by atoms with Crippen molar-refractivity contribution in [3.63, 3.8) is 0 Å². The molecule has 4 unspecified atom stereocenters. The molecule has 4 heteroatoms. The normalized spacial score (nSPS) is 35.1. The first kappa shape index (κ1) is 12.8. The second-order valence-corrected chi connectivity index (χ2v) is 7.61. The quantitative estimate of drug-likeness (QED) is 0.924. The standard InChI is InChI=1S/C16H21NO2S/c18-16(19)15-12-4-1-3-11(12)9-17(15)14(10-6-7-10)13-5-2-8-20-13/h2,5,8,10-12,14-15H,1,3-4,6-7,9H2,(H,18,19). The van der Waals surface area contributed by atoms with Crippen molar-refractivity contribution >= 4 is 17.3 Å². The van der Waals surface area contributed by atoms with E-state index < -0.39 is 5.97 Å². The van der Waals surface area contributed by atoms with Crippen molar-refractivity contribution in [3.05, 3.63) is 22.4 Å². The van der Waals surface area contributed by atoms with Crippen LogP contribution in [0.4, 0.5) is 0 Å². The Balaban J connectivity index is 1.66. The van der Waals surface area contributed by atoms with E-state index in [1.807, 2.05) is 0 Å². The van der Waals surface area contributed by atoms with Gasteiger partial charge in [-0.1, -0.05) is 12.5 Å². The van der Waals surface area contributed by atoms with Crippen molar-refractivity contribution in [2.24, 2.45) is 17.8 Å². The van der Waals surface area contributed by atoms with E-state index in [0.717, 1.165) is 13.0 Å². The van der Waals surface area contributed by atoms with Crippen molar-refractivity contribution in [1.29, 1.82) is 0 Å². The van der Waals surface area contributed by atoms with Gasteiger partial charge in [-0.2, -0.15) is 0 Å². The van der Waals surface area contributed by atoms with Crippen LogP contribution in [0.2, 0.25) is 0 Å². The Morgan fingerprint density at radius 2 is 2.20 bits per heavy atom. The van der Waals surface area contributed by atoms with Gasteiger partial charge in [-0.05, 0) is 54.9 Å². The molecule has 1 aromatic rings. The monoisotopic (exact) mass is 291 g/mol. The number of hydrogen-bond donors (Lipinski definition) is 1. The molecule has 108 valence electrons. The minimum atomic E-state index is -0.596. The van der Waals surface area contributed by atoms with E-state index in [-0.39, 0.29) is 6.04 Å². The van der Waals surface area contributed by atoms with Gasteiger partial charge in [0, 0.05) is 17.5 Å². The fraction of sp³-hybridized carbons (Fsp3) is 0.688. The van der Waals surface area contributed by atoms with Crippen LogP contribution in [0.25, 0.3) is 0 Å². The minimum absolute atomic E-state index is 0.241. The molecule has 0 amide bonds. The van der Waals surface area contributed by atoms with Gasteiger partial charge in [0.2, 0.25) is 0 Å². The minimum Gasteiger partial charge on any atom is -0.480 e. The first-order valence-electron chi connectivity index (χ1n) is 7.77. The van der Waals surface area contributed by atoms with Crippen LogP contribution in [0, 0.1) is 17.8 Å². The van der Waals surface area contributed by atoms with Gasteiger partial charge in [0.25, 0.3) is 0 Å². The van der Waals surface area contributed by atoms with Crippen molar-refractivity contribution in [2.45, 2.75) is 44.2 Å². The third-order valence-corrected chi connectivity index (χ3v) is 6.38. The van der Waals surface area contributed by atoms with Crippen molar-refractivity contribution in [3.8, 4) is 0 Å². The molecule has 2 heterocycles. The molecule has 3 fully saturated rings. The second kappa shape index (κ2) is 4.85. The number of fused-ring (bicyclic) bond motifs is 1. The number of rotatable bonds is 4. The Morgan fingerprint density at radius 3 is 2.85 bits per heavy atom. The van der Waals surface area contributed by atoms with Crippen LogP contribution in [0.3, 0.4) is 0 Å². The number of likely N-dealkylation sites (tertiary alicyclic amines) is 1. The molecule has 20 heavy (non-hydrogen) atoms. The highest BCUT2D eigenvalue weighted by Gasteiger charge is 2.52. The lowest BCUT2D eigenvalue weighted by atomic mass is 9.94. The largest absolute Gasteiger partial charge is 0.480 e. The molecule has 0 bridgehead atoms. The molecular weight excluding hydrogens is 270 g/mol. The maximum Gasteiger partial charge on any atom is 0.321 e. The highest BCUT2D eigenvalue weighted by Crippen LogP contribution is 2.52. The summed E-state index contributed by atoms with van der Waals surface area (Å²) in [6, 6.07) is 4.42. The summed E-state index contributed by atoms with van der Waals surface area (Å²) in [5.41, 5.74) is 0. The molecule has 3 aliphatic rings. The van der Waals surface area contributed by atoms with Gasteiger partial charge in [-0.25, -0.2) is 0 Å².